The Balaban J connectivity index is 2.98. The van der Waals surface area contributed by atoms with Gasteiger partial charge in [0.2, 0.25) is 0 Å². The van der Waals surface area contributed by atoms with Crippen molar-refractivity contribution in [3.63, 3.8) is 0 Å². The van der Waals surface area contributed by atoms with E-state index in [2.05, 4.69) is 4.98 Å². The summed E-state index contributed by atoms with van der Waals surface area (Å²) in [5, 5.41) is 8.80. The van der Waals surface area contributed by atoms with E-state index in [1.54, 1.807) is 12.1 Å². The van der Waals surface area contributed by atoms with Gasteiger partial charge in [-0.2, -0.15) is 0 Å². The summed E-state index contributed by atoms with van der Waals surface area (Å²) in [6.07, 6.45) is 0. The smallest absolute Gasteiger partial charge is 0.313 e. The average Bonchev–Trinajstić information content (AvgIpc) is 2.04. The van der Waals surface area contributed by atoms with Crippen molar-refractivity contribution >= 4 is 5.97 Å². The lowest BCUT2D eigenvalue weighted by Crippen LogP contribution is -2.22. The van der Waals surface area contributed by atoms with Crippen LogP contribution in [-0.4, -0.2) is 22.6 Å². The summed E-state index contributed by atoms with van der Waals surface area (Å²) in [4.78, 5) is 14.8. The van der Waals surface area contributed by atoms with Crippen molar-refractivity contribution in [3.05, 3.63) is 29.6 Å². The highest BCUT2D eigenvalue weighted by Gasteiger charge is 2.18. The molecule has 0 saturated carbocycles. The molecule has 0 aromatic carbocycles. The molecule has 0 bridgehead atoms. The van der Waals surface area contributed by atoms with Gasteiger partial charge in [-0.05, 0) is 19.1 Å². The molecule has 0 fully saturated rings. The molecule has 0 amide bonds. The van der Waals surface area contributed by atoms with E-state index < -0.39 is 11.9 Å². The fourth-order valence-electron chi connectivity index (χ4n) is 1.11. The monoisotopic (exact) mass is 180 g/mol. The van der Waals surface area contributed by atoms with Gasteiger partial charge in [0, 0.05) is 12.2 Å². The summed E-state index contributed by atoms with van der Waals surface area (Å²) >= 11 is 0. The van der Waals surface area contributed by atoms with Crippen LogP contribution in [0.4, 0.5) is 0 Å². The number of carbonyl (C=O) groups is 1. The second kappa shape index (κ2) is 4.00. The molecule has 0 aliphatic heterocycles. The summed E-state index contributed by atoms with van der Waals surface area (Å²) in [5.41, 5.74) is 6.66. The Morgan fingerprint density at radius 1 is 1.69 bits per heavy atom. The minimum atomic E-state index is -0.930. The first kappa shape index (κ1) is 9.67. The van der Waals surface area contributed by atoms with Gasteiger partial charge in [-0.3, -0.25) is 9.78 Å². The Bertz CT molecular complexity index is 312. The molecular weight excluding hydrogens is 168 g/mol. The van der Waals surface area contributed by atoms with Crippen LogP contribution in [0.15, 0.2) is 18.2 Å². The van der Waals surface area contributed by atoms with Gasteiger partial charge in [0.15, 0.2) is 0 Å². The molecule has 13 heavy (non-hydrogen) atoms. The third kappa shape index (κ3) is 2.26. The fourth-order valence-corrected chi connectivity index (χ4v) is 1.11. The standard InChI is InChI=1S/C9H12N2O2/c1-6-3-2-4-8(11-6)7(5-10)9(12)13/h2-4,7H,5,10H2,1H3,(H,12,13). The van der Waals surface area contributed by atoms with E-state index >= 15 is 0 Å². The van der Waals surface area contributed by atoms with E-state index in [-0.39, 0.29) is 6.54 Å². The molecule has 1 aromatic heterocycles. The number of carboxylic acids is 1. The minimum Gasteiger partial charge on any atom is -0.481 e. The van der Waals surface area contributed by atoms with Crippen molar-refractivity contribution in [1.82, 2.24) is 4.98 Å². The molecule has 0 saturated heterocycles. The van der Waals surface area contributed by atoms with E-state index in [0.717, 1.165) is 5.69 Å². The maximum Gasteiger partial charge on any atom is 0.313 e. The van der Waals surface area contributed by atoms with Crippen molar-refractivity contribution in [2.75, 3.05) is 6.54 Å². The number of hydrogen-bond donors (Lipinski definition) is 2. The summed E-state index contributed by atoms with van der Waals surface area (Å²) in [5.74, 6) is -1.62. The molecule has 0 spiro atoms. The first-order valence-electron chi connectivity index (χ1n) is 4.01. The lowest BCUT2D eigenvalue weighted by molar-refractivity contribution is -0.138. The van der Waals surface area contributed by atoms with Gasteiger partial charge in [-0.1, -0.05) is 6.07 Å². The fraction of sp³-hybridized carbons (Fsp3) is 0.333. The number of hydrogen-bond acceptors (Lipinski definition) is 3. The third-order valence-corrected chi connectivity index (χ3v) is 1.80. The van der Waals surface area contributed by atoms with Crippen molar-refractivity contribution in [2.45, 2.75) is 12.8 Å². The van der Waals surface area contributed by atoms with Crippen LogP contribution in [0.1, 0.15) is 17.3 Å². The Kier molecular flexibility index (Phi) is 2.97. The van der Waals surface area contributed by atoms with Crippen LogP contribution in [0, 0.1) is 6.92 Å². The molecule has 4 nitrogen and oxygen atoms in total. The second-order valence-corrected chi connectivity index (χ2v) is 2.83. The zero-order valence-corrected chi connectivity index (χ0v) is 7.40. The van der Waals surface area contributed by atoms with Crippen LogP contribution in [-0.2, 0) is 4.79 Å². The minimum absolute atomic E-state index is 0.0752. The molecule has 70 valence electrons. The summed E-state index contributed by atoms with van der Waals surface area (Å²) in [6, 6.07) is 5.28. The van der Waals surface area contributed by atoms with Crippen molar-refractivity contribution < 1.29 is 9.90 Å². The number of nitrogens with zero attached hydrogens (tertiary/aromatic N) is 1. The highest BCUT2D eigenvalue weighted by atomic mass is 16.4. The van der Waals surface area contributed by atoms with E-state index in [1.165, 1.54) is 0 Å². The molecule has 3 N–H and O–H groups in total. The zero-order valence-electron chi connectivity index (χ0n) is 7.40. The molecule has 1 unspecified atom stereocenters. The van der Waals surface area contributed by atoms with Crippen LogP contribution < -0.4 is 5.73 Å². The lowest BCUT2D eigenvalue weighted by Gasteiger charge is -2.08. The van der Waals surface area contributed by atoms with Gasteiger partial charge in [0.1, 0.15) is 5.92 Å². The summed E-state index contributed by atoms with van der Waals surface area (Å²) in [6.45, 7) is 1.89. The van der Waals surface area contributed by atoms with Crippen molar-refractivity contribution in [3.8, 4) is 0 Å². The number of aliphatic carboxylic acids is 1. The number of pyridine rings is 1. The predicted octanol–water partition coefficient (Wildman–Crippen LogP) is 0.517. The topological polar surface area (TPSA) is 76.2 Å². The van der Waals surface area contributed by atoms with Gasteiger partial charge in [0.05, 0.1) is 5.69 Å². The summed E-state index contributed by atoms with van der Waals surface area (Å²) < 4.78 is 0. The second-order valence-electron chi connectivity index (χ2n) is 2.83. The quantitative estimate of drug-likeness (QED) is 0.710. The highest BCUT2D eigenvalue weighted by molar-refractivity contribution is 5.75. The number of nitrogens with two attached hydrogens (primary N) is 1. The van der Waals surface area contributed by atoms with E-state index in [9.17, 15) is 4.79 Å². The van der Waals surface area contributed by atoms with Crippen LogP contribution in [0.25, 0.3) is 0 Å². The van der Waals surface area contributed by atoms with Crippen molar-refractivity contribution in [2.24, 2.45) is 5.73 Å². The zero-order chi connectivity index (χ0) is 9.84. The first-order chi connectivity index (χ1) is 6.15. The number of rotatable bonds is 3. The average molecular weight is 180 g/mol. The third-order valence-electron chi connectivity index (χ3n) is 1.80. The molecular formula is C9H12N2O2. The molecule has 0 aliphatic rings. The number of aryl methyl sites for hydroxylation is 1. The SMILES string of the molecule is Cc1cccc(C(CN)C(=O)O)n1. The lowest BCUT2D eigenvalue weighted by atomic mass is 10.1. The largest absolute Gasteiger partial charge is 0.481 e. The van der Waals surface area contributed by atoms with Gasteiger partial charge in [-0.25, -0.2) is 0 Å². The van der Waals surface area contributed by atoms with Gasteiger partial charge < -0.3 is 10.8 Å². The van der Waals surface area contributed by atoms with Crippen LogP contribution in [0.5, 0.6) is 0 Å². The molecule has 1 atom stereocenters. The Morgan fingerprint density at radius 3 is 2.85 bits per heavy atom. The van der Waals surface area contributed by atoms with Gasteiger partial charge in [0.25, 0.3) is 0 Å². The maximum atomic E-state index is 10.7. The van der Waals surface area contributed by atoms with E-state index in [1.807, 2.05) is 13.0 Å². The molecule has 1 rings (SSSR count). The number of carboxylic acid groups (broad SMARTS) is 1. The Labute approximate surface area is 76.4 Å². The van der Waals surface area contributed by atoms with Crippen LogP contribution in [0.3, 0.4) is 0 Å². The van der Waals surface area contributed by atoms with E-state index in [0.29, 0.717) is 5.69 Å². The number of aromatic nitrogens is 1. The Morgan fingerprint density at radius 2 is 2.38 bits per heavy atom. The Hall–Kier alpha value is -1.42. The van der Waals surface area contributed by atoms with Crippen LogP contribution >= 0.6 is 0 Å². The normalized spacial score (nSPS) is 12.5. The molecule has 0 aliphatic carbocycles. The molecule has 0 radical (unpaired) electrons. The molecule has 4 heteroatoms. The van der Waals surface area contributed by atoms with Crippen molar-refractivity contribution in [1.29, 1.82) is 0 Å². The van der Waals surface area contributed by atoms with Gasteiger partial charge >= 0.3 is 5.97 Å². The van der Waals surface area contributed by atoms with E-state index in [4.69, 9.17) is 10.8 Å². The highest BCUT2D eigenvalue weighted by Crippen LogP contribution is 2.12. The first-order valence-corrected chi connectivity index (χ1v) is 4.01. The van der Waals surface area contributed by atoms with Crippen LogP contribution in [0.2, 0.25) is 0 Å². The van der Waals surface area contributed by atoms with Gasteiger partial charge in [-0.15, -0.1) is 0 Å². The maximum absolute atomic E-state index is 10.7. The molecule has 1 aromatic rings. The predicted molar refractivity (Wildman–Crippen MR) is 48.4 cm³/mol. The summed E-state index contributed by atoms with van der Waals surface area (Å²) in [7, 11) is 0. The molecule has 1 heterocycles.